The van der Waals surface area contributed by atoms with Crippen LogP contribution in [0.2, 0.25) is 0 Å². The van der Waals surface area contributed by atoms with Gasteiger partial charge in [0, 0.05) is 18.2 Å². The van der Waals surface area contributed by atoms with Crippen molar-refractivity contribution in [3.63, 3.8) is 0 Å². The maximum Gasteiger partial charge on any atom is 0.272 e. The molecule has 0 aliphatic carbocycles. The van der Waals surface area contributed by atoms with Crippen molar-refractivity contribution in [3.8, 4) is 0 Å². The van der Waals surface area contributed by atoms with Crippen molar-refractivity contribution < 1.29 is 23.5 Å². The van der Waals surface area contributed by atoms with Gasteiger partial charge in [0.15, 0.2) is 0 Å². The second kappa shape index (κ2) is 9.36. The second-order valence-corrected chi connectivity index (χ2v) is 7.82. The number of nitrogens with zero attached hydrogens (tertiary/aromatic N) is 3. The first kappa shape index (κ1) is 21.9. The molecule has 0 radical (unpaired) electrons. The average Bonchev–Trinajstić information content (AvgIpc) is 3.13. The van der Waals surface area contributed by atoms with E-state index in [2.05, 4.69) is 10.3 Å². The Kier molecular flexibility index (Phi) is 6.84. The minimum Gasteiger partial charge on any atom is -0.396 e. The van der Waals surface area contributed by atoms with E-state index in [4.69, 9.17) is 4.84 Å². The Balaban J connectivity index is 2.11. The highest BCUT2D eigenvalue weighted by molar-refractivity contribution is 8.15. The van der Waals surface area contributed by atoms with Crippen molar-refractivity contribution in [2.24, 2.45) is 10.3 Å². The van der Waals surface area contributed by atoms with Crippen molar-refractivity contribution in [2.75, 3.05) is 6.61 Å². The van der Waals surface area contributed by atoms with Crippen LogP contribution in [0.5, 0.6) is 0 Å². The van der Waals surface area contributed by atoms with Gasteiger partial charge >= 0.3 is 0 Å². The number of hydrogen-bond acceptors (Lipinski definition) is 6. The van der Waals surface area contributed by atoms with Crippen LogP contribution in [0.15, 0.2) is 58.8 Å². The van der Waals surface area contributed by atoms with Crippen molar-refractivity contribution in [1.29, 1.82) is 0 Å². The normalized spacial score (nSPS) is 19.8. The maximum absolute atomic E-state index is 14.5. The predicted octanol–water partition coefficient (Wildman–Crippen LogP) is 3.85. The molecule has 1 amide bonds. The standard InChI is InChI=1S/C21H21F2N3O3S/c1-3-24-29-12-11-21(15-7-5-4-6-8-15)26(20(28)14(2)27)25-19(30-21)17-13-16(22)9-10-18(17)23/h3-10,13-14,27H,11-12H2,1-2H3/t14-,21?/m0/s1. The van der Waals surface area contributed by atoms with Crippen LogP contribution in [-0.2, 0) is 14.5 Å². The SMILES string of the molecule is CC=NOCCC1(c2ccccc2)SC(c2cc(F)ccc2F)=NN1C(=O)[C@H](C)O. The highest BCUT2D eigenvalue weighted by atomic mass is 32.2. The smallest absolute Gasteiger partial charge is 0.272 e. The third-order valence-electron chi connectivity index (χ3n) is 4.46. The molecule has 1 aliphatic rings. The number of hydrogen-bond donors (Lipinski definition) is 1. The molecule has 1 aliphatic heterocycles. The van der Waals surface area contributed by atoms with Crippen molar-refractivity contribution in [1.82, 2.24) is 5.01 Å². The number of benzene rings is 2. The van der Waals surface area contributed by atoms with E-state index in [1.165, 1.54) is 13.1 Å². The number of thioether (sulfide) groups is 1. The van der Waals surface area contributed by atoms with Crippen LogP contribution in [-0.4, -0.2) is 40.0 Å². The number of carbonyl (C=O) groups is 1. The third kappa shape index (κ3) is 4.36. The van der Waals surface area contributed by atoms with Crippen molar-refractivity contribution in [2.45, 2.75) is 31.2 Å². The Bertz CT molecular complexity index is 969. The fraction of sp³-hybridized carbons (Fsp3) is 0.286. The molecule has 0 saturated carbocycles. The van der Waals surface area contributed by atoms with E-state index in [0.29, 0.717) is 5.56 Å². The monoisotopic (exact) mass is 433 g/mol. The average molecular weight is 433 g/mol. The lowest BCUT2D eigenvalue weighted by atomic mass is 10.0. The summed E-state index contributed by atoms with van der Waals surface area (Å²) in [6.45, 7) is 3.16. The van der Waals surface area contributed by atoms with Gasteiger partial charge in [0.25, 0.3) is 5.91 Å². The molecule has 1 heterocycles. The van der Waals surface area contributed by atoms with E-state index in [1.54, 1.807) is 31.2 Å². The molecule has 9 heteroatoms. The molecule has 2 atom stereocenters. The van der Waals surface area contributed by atoms with Crippen LogP contribution in [0.3, 0.4) is 0 Å². The fourth-order valence-electron chi connectivity index (χ4n) is 3.06. The summed E-state index contributed by atoms with van der Waals surface area (Å²) in [6, 6.07) is 12.1. The summed E-state index contributed by atoms with van der Waals surface area (Å²) in [7, 11) is 0. The summed E-state index contributed by atoms with van der Waals surface area (Å²) in [5.41, 5.74) is 0.636. The third-order valence-corrected chi connectivity index (χ3v) is 5.91. The lowest BCUT2D eigenvalue weighted by Gasteiger charge is -2.36. The van der Waals surface area contributed by atoms with Crippen LogP contribution in [0, 0.1) is 11.6 Å². The van der Waals surface area contributed by atoms with Gasteiger partial charge in [0.05, 0.1) is 0 Å². The maximum atomic E-state index is 14.5. The van der Waals surface area contributed by atoms with Crippen LogP contribution in [0.4, 0.5) is 8.78 Å². The molecule has 0 bridgehead atoms. The first-order chi connectivity index (χ1) is 14.4. The molecule has 0 fully saturated rings. The Morgan fingerprint density at radius 2 is 2.07 bits per heavy atom. The zero-order chi connectivity index (χ0) is 21.7. The minimum atomic E-state index is -1.34. The van der Waals surface area contributed by atoms with Gasteiger partial charge in [0.2, 0.25) is 0 Å². The van der Waals surface area contributed by atoms with Gasteiger partial charge in [-0.1, -0.05) is 47.2 Å². The van der Waals surface area contributed by atoms with Crippen LogP contribution < -0.4 is 0 Å². The Morgan fingerprint density at radius 1 is 1.33 bits per heavy atom. The van der Waals surface area contributed by atoms with Gasteiger partial charge in [0.1, 0.15) is 34.3 Å². The summed E-state index contributed by atoms with van der Waals surface area (Å²) in [5.74, 6) is -1.96. The minimum absolute atomic E-state index is 0.0614. The highest BCUT2D eigenvalue weighted by Crippen LogP contribution is 2.50. The van der Waals surface area contributed by atoms with Crippen molar-refractivity contribution >= 4 is 28.9 Å². The molecular formula is C21H21F2N3O3S. The van der Waals surface area contributed by atoms with E-state index in [1.807, 2.05) is 6.07 Å². The molecule has 0 saturated heterocycles. The number of carbonyl (C=O) groups excluding carboxylic acids is 1. The summed E-state index contributed by atoms with van der Waals surface area (Å²) < 4.78 is 28.3. The zero-order valence-electron chi connectivity index (χ0n) is 16.5. The van der Waals surface area contributed by atoms with E-state index < -0.39 is 28.5 Å². The lowest BCUT2D eigenvalue weighted by molar-refractivity contribution is -0.143. The van der Waals surface area contributed by atoms with E-state index >= 15 is 0 Å². The summed E-state index contributed by atoms with van der Waals surface area (Å²) in [6.07, 6.45) is 0.380. The van der Waals surface area contributed by atoms with Crippen LogP contribution in [0.25, 0.3) is 0 Å². The first-order valence-corrected chi connectivity index (χ1v) is 10.1. The van der Waals surface area contributed by atoms with Gasteiger partial charge in [-0.2, -0.15) is 5.10 Å². The zero-order valence-corrected chi connectivity index (χ0v) is 17.3. The molecule has 0 spiro atoms. The fourth-order valence-corrected chi connectivity index (χ4v) is 4.43. The van der Waals surface area contributed by atoms with Crippen LogP contribution in [0.1, 0.15) is 31.4 Å². The topological polar surface area (TPSA) is 74.5 Å². The molecule has 2 aromatic rings. The highest BCUT2D eigenvalue weighted by Gasteiger charge is 2.49. The van der Waals surface area contributed by atoms with Crippen LogP contribution >= 0.6 is 11.8 Å². The van der Waals surface area contributed by atoms with Gasteiger partial charge in [-0.05, 0) is 37.6 Å². The van der Waals surface area contributed by atoms with E-state index in [-0.39, 0.29) is 23.6 Å². The largest absolute Gasteiger partial charge is 0.396 e. The number of hydrazone groups is 1. The molecule has 2 aromatic carbocycles. The number of halogens is 2. The molecule has 158 valence electrons. The first-order valence-electron chi connectivity index (χ1n) is 9.29. The van der Waals surface area contributed by atoms with E-state index in [9.17, 15) is 18.7 Å². The lowest BCUT2D eigenvalue weighted by Crippen LogP contribution is -2.45. The van der Waals surface area contributed by atoms with Gasteiger partial charge in [-0.25, -0.2) is 13.8 Å². The quantitative estimate of drug-likeness (QED) is 0.409. The summed E-state index contributed by atoms with van der Waals surface area (Å²) in [4.78, 5) is 17.0. The Labute approximate surface area is 177 Å². The number of amides is 1. The van der Waals surface area contributed by atoms with Gasteiger partial charge in [-0.15, -0.1) is 0 Å². The Hall–Kier alpha value is -2.78. The van der Waals surface area contributed by atoms with Gasteiger partial charge < -0.3 is 9.94 Å². The molecule has 0 aromatic heterocycles. The van der Waals surface area contributed by atoms with E-state index in [0.717, 1.165) is 35.0 Å². The van der Waals surface area contributed by atoms with Gasteiger partial charge in [-0.3, -0.25) is 4.79 Å². The number of oxime groups is 1. The second-order valence-electron chi connectivity index (χ2n) is 6.55. The number of rotatable bonds is 7. The predicted molar refractivity (Wildman–Crippen MR) is 112 cm³/mol. The summed E-state index contributed by atoms with van der Waals surface area (Å²) >= 11 is 1.10. The summed E-state index contributed by atoms with van der Waals surface area (Å²) in [5, 5.41) is 19.3. The molecule has 1 unspecified atom stereocenters. The molecule has 3 rings (SSSR count). The molecule has 6 nitrogen and oxygen atoms in total. The van der Waals surface area contributed by atoms with Crippen molar-refractivity contribution in [3.05, 3.63) is 71.3 Å². The molecule has 1 N–H and O–H groups in total. The Morgan fingerprint density at radius 3 is 2.73 bits per heavy atom. The number of aliphatic hydroxyl groups is 1. The molecule has 30 heavy (non-hydrogen) atoms. The number of aliphatic hydroxyl groups excluding tert-OH is 1. The molecular weight excluding hydrogens is 412 g/mol.